The number of carbonyl (C=O) groups is 1. The molecule has 1 aliphatic rings. The summed E-state index contributed by atoms with van der Waals surface area (Å²) in [6, 6.07) is 7.34. The maximum absolute atomic E-state index is 12.1. The number of carbonyl (C=O) groups excluding carboxylic acids is 1. The summed E-state index contributed by atoms with van der Waals surface area (Å²) >= 11 is 1.39. The van der Waals surface area contributed by atoms with Gasteiger partial charge < -0.3 is 20.1 Å². The fourth-order valence-electron chi connectivity index (χ4n) is 2.24. The Labute approximate surface area is 132 Å². The Kier molecular flexibility index (Phi) is 4.67. The van der Waals surface area contributed by atoms with Gasteiger partial charge in [0.25, 0.3) is 0 Å². The highest BCUT2D eigenvalue weighted by molar-refractivity contribution is 7.14. The van der Waals surface area contributed by atoms with E-state index in [0.29, 0.717) is 24.9 Å². The fraction of sp³-hybridized carbons (Fsp3) is 0.333. The van der Waals surface area contributed by atoms with Crippen LogP contribution in [-0.2, 0) is 9.53 Å². The van der Waals surface area contributed by atoms with Gasteiger partial charge in [0.2, 0.25) is 5.91 Å². The second-order valence-electron chi connectivity index (χ2n) is 4.81. The van der Waals surface area contributed by atoms with Crippen LogP contribution < -0.4 is 15.4 Å². The van der Waals surface area contributed by atoms with Crippen LogP contribution in [0.2, 0.25) is 0 Å². The highest BCUT2D eigenvalue weighted by Gasteiger charge is 2.22. The first-order valence-electron chi connectivity index (χ1n) is 6.99. The Balaban J connectivity index is 1.72. The number of nitrogens with one attached hydrogen (secondary N) is 2. The summed E-state index contributed by atoms with van der Waals surface area (Å²) in [6.45, 7) is 1.71. The monoisotopic (exact) mass is 319 g/mol. The van der Waals surface area contributed by atoms with E-state index in [4.69, 9.17) is 9.47 Å². The number of thiazole rings is 1. The molecule has 0 bridgehead atoms. The zero-order valence-electron chi connectivity index (χ0n) is 12.2. The predicted octanol–water partition coefficient (Wildman–Crippen LogP) is 1.75. The summed E-state index contributed by atoms with van der Waals surface area (Å²) in [7, 11) is 1.63. The molecule has 1 aromatic heterocycles. The second-order valence-corrected chi connectivity index (χ2v) is 5.67. The van der Waals surface area contributed by atoms with Crippen molar-refractivity contribution in [2.45, 2.75) is 6.04 Å². The summed E-state index contributed by atoms with van der Waals surface area (Å²) in [5.41, 5.74) is 1.69. The SMILES string of the molecule is COc1ccccc1-c1csc(NC(=O)C2COCCN2)n1. The Morgan fingerprint density at radius 3 is 3.14 bits per heavy atom. The summed E-state index contributed by atoms with van der Waals surface area (Å²) in [6.07, 6.45) is 0. The number of aromatic nitrogens is 1. The molecule has 7 heteroatoms. The molecular formula is C15H17N3O3S. The zero-order chi connectivity index (χ0) is 15.4. The first kappa shape index (κ1) is 15.0. The molecule has 2 heterocycles. The van der Waals surface area contributed by atoms with Gasteiger partial charge in [-0.05, 0) is 12.1 Å². The third-order valence-electron chi connectivity index (χ3n) is 3.36. The molecule has 1 fully saturated rings. The molecule has 0 aliphatic carbocycles. The van der Waals surface area contributed by atoms with Crippen LogP contribution in [0, 0.1) is 0 Å². The number of anilines is 1. The molecule has 2 aromatic rings. The van der Waals surface area contributed by atoms with Gasteiger partial charge >= 0.3 is 0 Å². The molecule has 0 spiro atoms. The fourth-order valence-corrected chi connectivity index (χ4v) is 2.95. The van der Waals surface area contributed by atoms with Gasteiger partial charge in [-0.25, -0.2) is 4.98 Å². The van der Waals surface area contributed by atoms with E-state index in [2.05, 4.69) is 15.6 Å². The van der Waals surface area contributed by atoms with Gasteiger partial charge in [-0.15, -0.1) is 11.3 Å². The van der Waals surface area contributed by atoms with Crippen LogP contribution in [0.1, 0.15) is 0 Å². The van der Waals surface area contributed by atoms with E-state index in [1.165, 1.54) is 11.3 Å². The van der Waals surface area contributed by atoms with E-state index >= 15 is 0 Å². The van der Waals surface area contributed by atoms with E-state index < -0.39 is 0 Å². The lowest BCUT2D eigenvalue weighted by Gasteiger charge is -2.22. The van der Waals surface area contributed by atoms with Gasteiger partial charge in [-0.2, -0.15) is 0 Å². The normalized spacial score (nSPS) is 18.0. The predicted molar refractivity (Wildman–Crippen MR) is 85.3 cm³/mol. The first-order valence-corrected chi connectivity index (χ1v) is 7.87. The minimum absolute atomic E-state index is 0.124. The number of benzene rings is 1. The quantitative estimate of drug-likeness (QED) is 0.898. The van der Waals surface area contributed by atoms with E-state index in [9.17, 15) is 4.79 Å². The molecule has 1 unspecified atom stereocenters. The topological polar surface area (TPSA) is 72.5 Å². The maximum atomic E-state index is 12.1. The lowest BCUT2D eigenvalue weighted by Crippen LogP contribution is -2.48. The van der Waals surface area contributed by atoms with Crippen molar-refractivity contribution in [1.29, 1.82) is 0 Å². The van der Waals surface area contributed by atoms with Crippen molar-refractivity contribution in [3.05, 3.63) is 29.6 Å². The van der Waals surface area contributed by atoms with Crippen molar-refractivity contribution in [2.24, 2.45) is 0 Å². The third kappa shape index (κ3) is 3.27. The van der Waals surface area contributed by atoms with Gasteiger partial charge in [0, 0.05) is 17.5 Å². The number of hydrogen-bond acceptors (Lipinski definition) is 6. The number of ether oxygens (including phenoxy) is 2. The van der Waals surface area contributed by atoms with Crippen LogP contribution in [-0.4, -0.2) is 43.8 Å². The first-order chi connectivity index (χ1) is 10.8. The molecular weight excluding hydrogens is 302 g/mol. The molecule has 0 radical (unpaired) electrons. The van der Waals surface area contributed by atoms with E-state index in [0.717, 1.165) is 17.0 Å². The number of methoxy groups -OCH3 is 1. The molecule has 0 saturated carbocycles. The Morgan fingerprint density at radius 2 is 2.36 bits per heavy atom. The molecule has 3 rings (SSSR count). The molecule has 1 aromatic carbocycles. The second kappa shape index (κ2) is 6.87. The van der Waals surface area contributed by atoms with Gasteiger partial charge in [0.1, 0.15) is 11.8 Å². The average Bonchev–Trinajstić information content (AvgIpc) is 3.04. The number of para-hydroxylation sites is 1. The highest BCUT2D eigenvalue weighted by Crippen LogP contribution is 2.31. The van der Waals surface area contributed by atoms with Gasteiger partial charge in [0.15, 0.2) is 5.13 Å². The summed E-state index contributed by atoms with van der Waals surface area (Å²) in [5, 5.41) is 8.41. The molecule has 1 atom stereocenters. The van der Waals surface area contributed by atoms with Gasteiger partial charge in [-0.3, -0.25) is 4.79 Å². The lowest BCUT2D eigenvalue weighted by molar-refractivity contribution is -0.120. The van der Waals surface area contributed by atoms with Crippen molar-refractivity contribution in [1.82, 2.24) is 10.3 Å². The molecule has 1 amide bonds. The van der Waals surface area contributed by atoms with Crippen LogP contribution in [0.3, 0.4) is 0 Å². The van der Waals surface area contributed by atoms with E-state index in [1.807, 2.05) is 29.6 Å². The van der Waals surface area contributed by atoms with Crippen molar-refractivity contribution in [3.63, 3.8) is 0 Å². The van der Waals surface area contributed by atoms with Crippen LogP contribution >= 0.6 is 11.3 Å². The molecule has 116 valence electrons. The molecule has 1 aliphatic heterocycles. The number of amides is 1. The average molecular weight is 319 g/mol. The van der Waals surface area contributed by atoms with E-state index in [1.54, 1.807) is 7.11 Å². The number of rotatable bonds is 4. The van der Waals surface area contributed by atoms with Crippen LogP contribution in [0.25, 0.3) is 11.3 Å². The van der Waals surface area contributed by atoms with Gasteiger partial charge in [0.05, 0.1) is 26.0 Å². The molecule has 6 nitrogen and oxygen atoms in total. The minimum atomic E-state index is -0.327. The van der Waals surface area contributed by atoms with Crippen LogP contribution in [0.5, 0.6) is 5.75 Å². The Hall–Kier alpha value is -1.96. The van der Waals surface area contributed by atoms with Crippen LogP contribution in [0.15, 0.2) is 29.6 Å². The number of hydrogen-bond donors (Lipinski definition) is 2. The standard InChI is InChI=1S/C15H17N3O3S/c1-20-13-5-3-2-4-10(13)12-9-22-15(17-12)18-14(19)11-8-21-7-6-16-11/h2-5,9,11,16H,6-8H2,1H3,(H,17,18,19). The summed E-state index contributed by atoms with van der Waals surface area (Å²) in [4.78, 5) is 16.6. The minimum Gasteiger partial charge on any atom is -0.496 e. The molecule has 1 saturated heterocycles. The Morgan fingerprint density at radius 1 is 1.50 bits per heavy atom. The maximum Gasteiger partial charge on any atom is 0.245 e. The van der Waals surface area contributed by atoms with Crippen molar-refractivity contribution >= 4 is 22.4 Å². The largest absolute Gasteiger partial charge is 0.496 e. The summed E-state index contributed by atoms with van der Waals surface area (Å²) in [5.74, 6) is 0.633. The summed E-state index contributed by atoms with van der Waals surface area (Å²) < 4.78 is 10.6. The third-order valence-corrected chi connectivity index (χ3v) is 4.11. The lowest BCUT2D eigenvalue weighted by atomic mass is 10.1. The van der Waals surface area contributed by atoms with E-state index in [-0.39, 0.29) is 11.9 Å². The molecule has 2 N–H and O–H groups in total. The van der Waals surface area contributed by atoms with Crippen molar-refractivity contribution in [3.8, 4) is 17.0 Å². The smallest absolute Gasteiger partial charge is 0.245 e. The van der Waals surface area contributed by atoms with Crippen molar-refractivity contribution in [2.75, 3.05) is 32.2 Å². The number of morpholine rings is 1. The zero-order valence-corrected chi connectivity index (χ0v) is 13.0. The highest BCUT2D eigenvalue weighted by atomic mass is 32.1. The van der Waals surface area contributed by atoms with Gasteiger partial charge in [-0.1, -0.05) is 12.1 Å². The van der Waals surface area contributed by atoms with Crippen LogP contribution in [0.4, 0.5) is 5.13 Å². The number of nitrogens with zero attached hydrogens (tertiary/aromatic N) is 1. The molecule has 22 heavy (non-hydrogen) atoms. The van der Waals surface area contributed by atoms with Crippen molar-refractivity contribution < 1.29 is 14.3 Å². The Bertz CT molecular complexity index is 653.